The number of aromatic nitrogens is 1. The number of amides is 1. The highest BCUT2D eigenvalue weighted by Gasteiger charge is 2.12. The topological polar surface area (TPSA) is 68.0 Å². The number of thiazole rings is 1. The maximum atomic E-state index is 11.6. The Labute approximate surface area is 129 Å². The molecule has 1 amide bonds. The number of rotatable bonds is 8. The second kappa shape index (κ2) is 10.5. The van der Waals surface area contributed by atoms with Crippen LogP contribution in [0.25, 0.3) is 0 Å². The molecule has 1 aromatic heterocycles. The summed E-state index contributed by atoms with van der Waals surface area (Å²) in [5.74, 6) is 0.857. The van der Waals surface area contributed by atoms with Gasteiger partial charge in [0.25, 0.3) is 0 Å². The lowest BCUT2D eigenvalue weighted by Crippen LogP contribution is -2.41. The van der Waals surface area contributed by atoms with Gasteiger partial charge in [0.05, 0.1) is 16.7 Å². The number of nitrogens with two attached hydrogens (primary N) is 1. The lowest BCUT2D eigenvalue weighted by atomic mass is 10.2. The van der Waals surface area contributed by atoms with E-state index >= 15 is 0 Å². The van der Waals surface area contributed by atoms with Gasteiger partial charge in [0, 0.05) is 18.3 Å². The minimum absolute atomic E-state index is 0. The molecule has 1 atom stereocenters. The molecule has 1 rings (SSSR count). The molecule has 0 saturated carbocycles. The predicted octanol–water partition coefficient (Wildman–Crippen LogP) is 1.87. The molecule has 0 fully saturated rings. The van der Waals surface area contributed by atoms with Crippen LogP contribution in [0.4, 0.5) is 0 Å². The standard InChI is InChI=1S/C12H21N3OS2.ClH/c1-3-11-15-9(8-18-11)4-6-14-12(16)10(13)5-7-17-2;/h8,10H,3-7,13H2,1-2H3,(H,14,16);1H/t10-;/m0./s1. The fourth-order valence-corrected chi connectivity index (χ4v) is 2.72. The van der Waals surface area contributed by atoms with Gasteiger partial charge in [-0.15, -0.1) is 23.7 Å². The van der Waals surface area contributed by atoms with E-state index in [1.54, 1.807) is 23.1 Å². The molecule has 0 aliphatic heterocycles. The average molecular weight is 324 g/mol. The first-order chi connectivity index (χ1) is 8.67. The first-order valence-corrected chi connectivity index (χ1v) is 8.40. The van der Waals surface area contributed by atoms with Crippen molar-refractivity contribution in [1.29, 1.82) is 0 Å². The van der Waals surface area contributed by atoms with Crippen LogP contribution in [0.15, 0.2) is 5.38 Å². The van der Waals surface area contributed by atoms with Gasteiger partial charge >= 0.3 is 0 Å². The molecule has 0 radical (unpaired) electrons. The van der Waals surface area contributed by atoms with Gasteiger partial charge in [-0.25, -0.2) is 4.98 Å². The normalized spacial score (nSPS) is 11.7. The van der Waals surface area contributed by atoms with Crippen molar-refractivity contribution in [3.05, 3.63) is 16.1 Å². The van der Waals surface area contributed by atoms with E-state index in [0.29, 0.717) is 6.54 Å². The van der Waals surface area contributed by atoms with E-state index in [1.165, 1.54) is 0 Å². The molecule has 0 aliphatic rings. The molecule has 0 aromatic carbocycles. The van der Waals surface area contributed by atoms with Gasteiger partial charge in [-0.1, -0.05) is 6.92 Å². The Balaban J connectivity index is 0.00000324. The minimum Gasteiger partial charge on any atom is -0.354 e. The van der Waals surface area contributed by atoms with E-state index in [0.717, 1.165) is 35.7 Å². The maximum absolute atomic E-state index is 11.6. The summed E-state index contributed by atoms with van der Waals surface area (Å²) in [5, 5.41) is 6.06. The summed E-state index contributed by atoms with van der Waals surface area (Å²) in [7, 11) is 0. The molecule has 4 nitrogen and oxygen atoms in total. The van der Waals surface area contributed by atoms with Crippen LogP contribution in [0.1, 0.15) is 24.0 Å². The van der Waals surface area contributed by atoms with Crippen molar-refractivity contribution >= 4 is 41.4 Å². The summed E-state index contributed by atoms with van der Waals surface area (Å²) in [5.41, 5.74) is 6.82. The van der Waals surface area contributed by atoms with Gasteiger partial charge < -0.3 is 11.1 Å². The summed E-state index contributed by atoms with van der Waals surface area (Å²) in [6, 6.07) is -0.390. The number of nitrogens with one attached hydrogen (secondary N) is 1. The van der Waals surface area contributed by atoms with Crippen LogP contribution in [0, 0.1) is 0 Å². The highest BCUT2D eigenvalue weighted by atomic mass is 35.5. The highest BCUT2D eigenvalue weighted by molar-refractivity contribution is 7.98. The van der Waals surface area contributed by atoms with Gasteiger partial charge in [0.15, 0.2) is 0 Å². The van der Waals surface area contributed by atoms with Crippen LogP contribution in [-0.2, 0) is 17.6 Å². The van der Waals surface area contributed by atoms with E-state index in [4.69, 9.17) is 5.73 Å². The molecule has 0 saturated heterocycles. The molecular weight excluding hydrogens is 302 g/mol. The lowest BCUT2D eigenvalue weighted by Gasteiger charge is -2.10. The number of nitrogens with zero attached hydrogens (tertiary/aromatic N) is 1. The van der Waals surface area contributed by atoms with Crippen molar-refractivity contribution < 1.29 is 4.79 Å². The fourth-order valence-electron chi connectivity index (χ4n) is 1.45. The number of aryl methyl sites for hydroxylation is 1. The van der Waals surface area contributed by atoms with Crippen LogP contribution in [0.5, 0.6) is 0 Å². The lowest BCUT2D eigenvalue weighted by molar-refractivity contribution is -0.122. The molecular formula is C12H22ClN3OS2. The first kappa shape index (κ1) is 18.7. The zero-order chi connectivity index (χ0) is 13.4. The highest BCUT2D eigenvalue weighted by Crippen LogP contribution is 2.10. The molecule has 0 unspecified atom stereocenters. The van der Waals surface area contributed by atoms with Crippen molar-refractivity contribution in [3.8, 4) is 0 Å². The molecule has 0 bridgehead atoms. The Morgan fingerprint density at radius 3 is 2.95 bits per heavy atom. The summed E-state index contributed by atoms with van der Waals surface area (Å²) in [4.78, 5) is 16.1. The quantitative estimate of drug-likeness (QED) is 0.766. The zero-order valence-corrected chi connectivity index (χ0v) is 13.8. The molecule has 1 aromatic rings. The van der Waals surface area contributed by atoms with Gasteiger partial charge in [-0.2, -0.15) is 11.8 Å². The van der Waals surface area contributed by atoms with Crippen molar-refractivity contribution in [3.63, 3.8) is 0 Å². The molecule has 3 N–H and O–H groups in total. The monoisotopic (exact) mass is 323 g/mol. The minimum atomic E-state index is -0.390. The van der Waals surface area contributed by atoms with Crippen molar-refractivity contribution in [2.45, 2.75) is 32.2 Å². The number of carbonyl (C=O) groups is 1. The number of thioether (sulfide) groups is 1. The third-order valence-corrected chi connectivity index (χ3v) is 4.24. The summed E-state index contributed by atoms with van der Waals surface area (Å²) in [6.45, 7) is 2.70. The Hall–Kier alpha value is -0.300. The smallest absolute Gasteiger partial charge is 0.236 e. The third-order valence-electron chi connectivity index (χ3n) is 2.55. The first-order valence-electron chi connectivity index (χ1n) is 6.12. The Morgan fingerprint density at radius 1 is 1.63 bits per heavy atom. The van der Waals surface area contributed by atoms with E-state index < -0.39 is 0 Å². The van der Waals surface area contributed by atoms with Crippen LogP contribution in [-0.4, -0.2) is 35.5 Å². The van der Waals surface area contributed by atoms with Gasteiger partial charge in [-0.05, 0) is 24.9 Å². The molecule has 0 spiro atoms. The van der Waals surface area contributed by atoms with Crippen molar-refractivity contribution in [1.82, 2.24) is 10.3 Å². The molecule has 1 heterocycles. The van der Waals surface area contributed by atoms with Crippen LogP contribution in [0.2, 0.25) is 0 Å². The molecule has 0 aliphatic carbocycles. The van der Waals surface area contributed by atoms with Crippen LogP contribution < -0.4 is 11.1 Å². The fraction of sp³-hybridized carbons (Fsp3) is 0.667. The number of halogens is 1. The maximum Gasteiger partial charge on any atom is 0.236 e. The molecule has 19 heavy (non-hydrogen) atoms. The van der Waals surface area contributed by atoms with Crippen LogP contribution in [0.3, 0.4) is 0 Å². The Morgan fingerprint density at radius 2 is 2.37 bits per heavy atom. The summed E-state index contributed by atoms with van der Waals surface area (Å²) >= 11 is 3.38. The van der Waals surface area contributed by atoms with Crippen molar-refractivity contribution in [2.75, 3.05) is 18.6 Å². The van der Waals surface area contributed by atoms with Gasteiger partial charge in [0.1, 0.15) is 0 Å². The Bertz CT molecular complexity index is 374. The average Bonchev–Trinajstić information content (AvgIpc) is 2.83. The largest absolute Gasteiger partial charge is 0.354 e. The van der Waals surface area contributed by atoms with E-state index in [2.05, 4.69) is 22.6 Å². The predicted molar refractivity (Wildman–Crippen MR) is 86.4 cm³/mol. The Kier molecular flexibility index (Phi) is 10.3. The summed E-state index contributed by atoms with van der Waals surface area (Å²) in [6.07, 6.45) is 4.48. The second-order valence-corrected chi connectivity index (χ2v) is 5.94. The summed E-state index contributed by atoms with van der Waals surface area (Å²) < 4.78 is 0. The van der Waals surface area contributed by atoms with Gasteiger partial charge in [0.2, 0.25) is 5.91 Å². The van der Waals surface area contributed by atoms with E-state index in [9.17, 15) is 4.79 Å². The molecule has 110 valence electrons. The second-order valence-electron chi connectivity index (χ2n) is 4.02. The SMILES string of the molecule is CCc1nc(CCNC(=O)[C@@H](N)CCSC)cs1.Cl. The third kappa shape index (κ3) is 7.15. The van der Waals surface area contributed by atoms with Crippen LogP contribution >= 0.6 is 35.5 Å². The number of carbonyl (C=O) groups excluding carboxylic acids is 1. The number of hydrogen-bond acceptors (Lipinski definition) is 5. The van der Waals surface area contributed by atoms with Gasteiger partial charge in [-0.3, -0.25) is 4.79 Å². The van der Waals surface area contributed by atoms with Crippen molar-refractivity contribution in [2.24, 2.45) is 5.73 Å². The van der Waals surface area contributed by atoms with E-state index in [-0.39, 0.29) is 24.4 Å². The molecule has 7 heteroatoms. The number of hydrogen-bond donors (Lipinski definition) is 2. The van der Waals surface area contributed by atoms with E-state index in [1.807, 2.05) is 6.26 Å². The zero-order valence-electron chi connectivity index (χ0n) is 11.3.